The van der Waals surface area contributed by atoms with Crippen molar-refractivity contribution >= 4 is 18.7 Å². The van der Waals surface area contributed by atoms with Crippen LogP contribution in [0.1, 0.15) is 19.8 Å². The summed E-state index contributed by atoms with van der Waals surface area (Å²) >= 11 is 6.37. The quantitative estimate of drug-likeness (QED) is 0.543. The van der Waals surface area contributed by atoms with Crippen LogP contribution >= 0.6 is 11.1 Å². The van der Waals surface area contributed by atoms with E-state index in [9.17, 15) is 0 Å². The lowest BCUT2D eigenvalue weighted by Crippen LogP contribution is -2.30. The van der Waals surface area contributed by atoms with Gasteiger partial charge in [0.1, 0.15) is 5.75 Å². The Labute approximate surface area is 91.9 Å². The largest absolute Gasteiger partial charge is 0.529 e. The molecular formula is C11H17ClOSi. The van der Waals surface area contributed by atoms with Gasteiger partial charge in [-0.05, 0) is 24.7 Å². The van der Waals surface area contributed by atoms with Crippen molar-refractivity contribution in [2.24, 2.45) is 0 Å². The first kappa shape index (κ1) is 11.6. The predicted octanol–water partition coefficient (Wildman–Crippen LogP) is 4.18. The molecule has 1 aromatic rings. The van der Waals surface area contributed by atoms with E-state index in [2.05, 4.69) is 13.5 Å². The van der Waals surface area contributed by atoms with Gasteiger partial charge in [0.15, 0.2) is 0 Å². The van der Waals surface area contributed by atoms with Crippen molar-refractivity contribution in [2.75, 3.05) is 0 Å². The number of halogens is 1. The molecule has 0 radical (unpaired) electrons. The van der Waals surface area contributed by atoms with Gasteiger partial charge in [0.25, 0.3) is 0 Å². The second kappa shape index (κ2) is 5.42. The smallest absolute Gasteiger partial charge is 0.344 e. The number of hydrogen-bond donors (Lipinski definition) is 0. The van der Waals surface area contributed by atoms with Crippen LogP contribution < -0.4 is 4.43 Å². The number of rotatable bonds is 5. The third-order valence-electron chi connectivity index (χ3n) is 2.05. The molecule has 0 aliphatic carbocycles. The minimum absolute atomic E-state index is 0.896. The molecule has 0 saturated heterocycles. The minimum atomic E-state index is -1.99. The first-order valence-corrected chi connectivity index (χ1v) is 8.70. The van der Waals surface area contributed by atoms with Gasteiger partial charge in [-0.2, -0.15) is 0 Å². The van der Waals surface area contributed by atoms with Crippen LogP contribution in [-0.2, 0) is 0 Å². The summed E-state index contributed by atoms with van der Waals surface area (Å²) in [7, 11) is -1.99. The third kappa shape index (κ3) is 4.16. The molecule has 0 aromatic heterocycles. The summed E-state index contributed by atoms with van der Waals surface area (Å²) in [4.78, 5) is 0. The summed E-state index contributed by atoms with van der Waals surface area (Å²) in [5, 5.41) is 0. The lowest BCUT2D eigenvalue weighted by Gasteiger charge is -2.20. The summed E-state index contributed by atoms with van der Waals surface area (Å²) in [6.07, 6.45) is 2.33. The molecule has 0 bridgehead atoms. The summed E-state index contributed by atoms with van der Waals surface area (Å²) in [5.74, 6) is 0.896. The Balaban J connectivity index is 2.50. The first-order chi connectivity index (χ1) is 6.64. The van der Waals surface area contributed by atoms with Crippen molar-refractivity contribution in [3.05, 3.63) is 30.3 Å². The zero-order valence-electron chi connectivity index (χ0n) is 8.79. The highest BCUT2D eigenvalue weighted by atomic mass is 35.6. The Bertz CT molecular complexity index is 261. The zero-order chi connectivity index (χ0) is 10.4. The Morgan fingerprint density at radius 2 is 1.93 bits per heavy atom. The Morgan fingerprint density at radius 1 is 1.29 bits per heavy atom. The molecule has 0 amide bonds. The summed E-state index contributed by atoms with van der Waals surface area (Å²) < 4.78 is 5.81. The average molecular weight is 229 g/mol. The van der Waals surface area contributed by atoms with Crippen LogP contribution in [0.2, 0.25) is 12.6 Å². The number of benzene rings is 1. The van der Waals surface area contributed by atoms with Crippen LogP contribution in [0.4, 0.5) is 0 Å². The van der Waals surface area contributed by atoms with Crippen molar-refractivity contribution in [1.82, 2.24) is 0 Å². The first-order valence-electron chi connectivity index (χ1n) is 5.07. The maximum absolute atomic E-state index is 6.37. The van der Waals surface area contributed by atoms with Crippen LogP contribution in [0.25, 0.3) is 0 Å². The molecule has 0 heterocycles. The molecule has 14 heavy (non-hydrogen) atoms. The second-order valence-electron chi connectivity index (χ2n) is 3.62. The van der Waals surface area contributed by atoms with Gasteiger partial charge in [-0.25, -0.2) is 0 Å². The van der Waals surface area contributed by atoms with E-state index >= 15 is 0 Å². The van der Waals surface area contributed by atoms with Crippen LogP contribution in [0.15, 0.2) is 30.3 Å². The Hall–Kier alpha value is -0.473. The highest BCUT2D eigenvalue weighted by Gasteiger charge is 2.27. The monoisotopic (exact) mass is 228 g/mol. The number of para-hydroxylation sites is 1. The molecule has 0 saturated carbocycles. The molecule has 1 unspecified atom stereocenters. The second-order valence-corrected chi connectivity index (χ2v) is 8.93. The minimum Gasteiger partial charge on any atom is -0.529 e. The summed E-state index contributed by atoms with van der Waals surface area (Å²) in [5.41, 5.74) is 0. The van der Waals surface area contributed by atoms with Crippen molar-refractivity contribution in [1.29, 1.82) is 0 Å². The van der Waals surface area contributed by atoms with Gasteiger partial charge in [-0.15, -0.1) is 11.1 Å². The van der Waals surface area contributed by atoms with Gasteiger partial charge < -0.3 is 4.43 Å². The average Bonchev–Trinajstić information content (AvgIpc) is 2.16. The highest BCUT2D eigenvalue weighted by molar-refractivity contribution is 7.16. The fourth-order valence-electron chi connectivity index (χ4n) is 1.28. The molecule has 1 nitrogen and oxygen atoms in total. The molecule has 0 spiro atoms. The molecule has 0 fully saturated rings. The predicted molar refractivity (Wildman–Crippen MR) is 64.3 cm³/mol. The van der Waals surface area contributed by atoms with Gasteiger partial charge in [0, 0.05) is 0 Å². The van der Waals surface area contributed by atoms with E-state index in [0.29, 0.717) is 0 Å². The lowest BCUT2D eigenvalue weighted by molar-refractivity contribution is 0.557. The van der Waals surface area contributed by atoms with E-state index in [4.69, 9.17) is 15.5 Å². The highest BCUT2D eigenvalue weighted by Crippen LogP contribution is 2.23. The third-order valence-corrected chi connectivity index (χ3v) is 4.76. The van der Waals surface area contributed by atoms with Crippen LogP contribution in [0.3, 0.4) is 0 Å². The van der Waals surface area contributed by atoms with E-state index in [1.54, 1.807) is 0 Å². The van der Waals surface area contributed by atoms with E-state index in [0.717, 1.165) is 18.2 Å². The topological polar surface area (TPSA) is 9.23 Å². The molecular weight excluding hydrogens is 212 g/mol. The lowest BCUT2D eigenvalue weighted by atomic mass is 10.3. The van der Waals surface area contributed by atoms with Gasteiger partial charge >= 0.3 is 7.63 Å². The number of unbranched alkanes of at least 4 members (excludes halogenated alkanes) is 1. The van der Waals surface area contributed by atoms with Crippen molar-refractivity contribution in [3.63, 3.8) is 0 Å². The van der Waals surface area contributed by atoms with Crippen molar-refractivity contribution in [2.45, 2.75) is 32.4 Å². The van der Waals surface area contributed by atoms with Crippen molar-refractivity contribution in [3.8, 4) is 5.75 Å². The fourth-order valence-corrected chi connectivity index (χ4v) is 3.66. The fraction of sp³-hybridized carbons (Fsp3) is 0.455. The van der Waals surface area contributed by atoms with Crippen LogP contribution in [0, 0.1) is 0 Å². The van der Waals surface area contributed by atoms with E-state index in [-0.39, 0.29) is 0 Å². The van der Waals surface area contributed by atoms with Gasteiger partial charge in [0.2, 0.25) is 0 Å². The van der Waals surface area contributed by atoms with E-state index < -0.39 is 7.63 Å². The molecule has 0 aliphatic rings. The Kier molecular flexibility index (Phi) is 4.49. The normalized spacial score (nSPS) is 14.8. The van der Waals surface area contributed by atoms with E-state index in [1.807, 2.05) is 30.3 Å². The molecule has 0 aliphatic heterocycles. The summed E-state index contributed by atoms with van der Waals surface area (Å²) in [6.45, 7) is 4.22. The SMILES string of the molecule is CCCC[Si](C)(Cl)Oc1ccccc1. The van der Waals surface area contributed by atoms with Gasteiger partial charge in [0.05, 0.1) is 0 Å². The molecule has 78 valence electrons. The summed E-state index contributed by atoms with van der Waals surface area (Å²) in [6, 6.07) is 10.8. The van der Waals surface area contributed by atoms with Crippen molar-refractivity contribution < 1.29 is 4.43 Å². The molecule has 0 N–H and O–H groups in total. The van der Waals surface area contributed by atoms with Crippen LogP contribution in [-0.4, -0.2) is 7.63 Å². The standard InChI is InChI=1S/C11H17ClOSi/c1-3-4-10-14(2,12)13-11-8-6-5-7-9-11/h5-9H,3-4,10H2,1-2H3. The maximum atomic E-state index is 6.37. The Morgan fingerprint density at radius 3 is 2.50 bits per heavy atom. The zero-order valence-corrected chi connectivity index (χ0v) is 10.6. The molecule has 1 aromatic carbocycles. The maximum Gasteiger partial charge on any atom is 0.344 e. The van der Waals surface area contributed by atoms with Gasteiger partial charge in [-0.3, -0.25) is 0 Å². The van der Waals surface area contributed by atoms with E-state index in [1.165, 1.54) is 6.42 Å². The van der Waals surface area contributed by atoms with Gasteiger partial charge in [-0.1, -0.05) is 38.0 Å². The van der Waals surface area contributed by atoms with Crippen LogP contribution in [0.5, 0.6) is 5.75 Å². The molecule has 1 rings (SSSR count). The molecule has 3 heteroatoms. The molecule has 1 atom stereocenters. The number of hydrogen-bond acceptors (Lipinski definition) is 1.